The molecular formula is C12H14F3N3O3. The van der Waals surface area contributed by atoms with Gasteiger partial charge in [0.2, 0.25) is 5.91 Å². The average Bonchev–Trinajstić information content (AvgIpc) is 2.35. The van der Waals surface area contributed by atoms with Gasteiger partial charge in [0, 0.05) is 0 Å². The van der Waals surface area contributed by atoms with E-state index in [4.69, 9.17) is 10.8 Å². The van der Waals surface area contributed by atoms with Gasteiger partial charge in [-0.3, -0.25) is 9.59 Å². The Morgan fingerprint density at radius 2 is 1.86 bits per heavy atom. The number of anilines is 2. The zero-order chi connectivity index (χ0) is 16.0. The largest absolute Gasteiger partial charge is 0.480 e. The summed E-state index contributed by atoms with van der Waals surface area (Å²) in [5, 5.41) is 10.5. The second-order valence-corrected chi connectivity index (χ2v) is 4.20. The highest BCUT2D eigenvalue weighted by atomic mass is 19.4. The summed E-state index contributed by atoms with van der Waals surface area (Å²) < 4.78 is 36.0. The fraction of sp³-hybridized carbons (Fsp3) is 0.333. The number of nitrogens with two attached hydrogens (primary N) is 1. The van der Waals surface area contributed by atoms with Crippen LogP contribution in [-0.2, 0) is 9.59 Å². The fourth-order valence-electron chi connectivity index (χ4n) is 1.59. The van der Waals surface area contributed by atoms with Gasteiger partial charge in [-0.05, 0) is 12.1 Å². The molecule has 6 nitrogen and oxygen atoms in total. The first-order chi connectivity index (χ1) is 9.69. The van der Waals surface area contributed by atoms with E-state index in [9.17, 15) is 22.8 Å². The molecule has 9 heteroatoms. The van der Waals surface area contributed by atoms with E-state index >= 15 is 0 Å². The number of hydrogen-bond donors (Lipinski definition) is 3. The summed E-state index contributed by atoms with van der Waals surface area (Å²) in [6.07, 6.45) is -4.53. The average molecular weight is 305 g/mol. The molecule has 4 N–H and O–H groups in total. The molecular weight excluding hydrogens is 291 g/mol. The van der Waals surface area contributed by atoms with Crippen molar-refractivity contribution in [2.45, 2.75) is 6.18 Å². The Bertz CT molecular complexity index is 520. The van der Waals surface area contributed by atoms with Gasteiger partial charge in [-0.15, -0.1) is 0 Å². The van der Waals surface area contributed by atoms with Crippen molar-refractivity contribution < 1.29 is 27.9 Å². The number of para-hydroxylation sites is 2. The number of carboxylic acids is 1. The summed E-state index contributed by atoms with van der Waals surface area (Å²) in [6, 6.07) is 6.17. The molecule has 1 rings (SSSR count). The second kappa shape index (κ2) is 6.82. The number of nitrogens with zero attached hydrogens (tertiary/aromatic N) is 1. The van der Waals surface area contributed by atoms with Gasteiger partial charge in [0.15, 0.2) is 0 Å². The van der Waals surface area contributed by atoms with E-state index in [1.165, 1.54) is 12.1 Å². The number of carboxylic acid groups (broad SMARTS) is 1. The highest BCUT2D eigenvalue weighted by Gasteiger charge is 2.28. The lowest BCUT2D eigenvalue weighted by Crippen LogP contribution is -2.43. The molecule has 116 valence electrons. The Balaban J connectivity index is 2.78. The monoisotopic (exact) mass is 305 g/mol. The molecule has 0 saturated heterocycles. The molecule has 0 atom stereocenters. The number of hydrogen-bond acceptors (Lipinski definition) is 4. The van der Waals surface area contributed by atoms with Crippen LogP contribution in [0, 0.1) is 0 Å². The van der Waals surface area contributed by atoms with Crippen molar-refractivity contribution in [1.82, 2.24) is 5.32 Å². The summed E-state index contributed by atoms with van der Waals surface area (Å²) >= 11 is 0. The Labute approximate surface area is 118 Å². The van der Waals surface area contributed by atoms with Gasteiger partial charge in [-0.25, -0.2) is 0 Å². The van der Waals surface area contributed by atoms with Crippen LogP contribution < -0.4 is 16.0 Å². The van der Waals surface area contributed by atoms with Crippen LogP contribution in [0.1, 0.15) is 0 Å². The molecule has 0 bridgehead atoms. The molecule has 0 spiro atoms. The Morgan fingerprint density at radius 1 is 1.24 bits per heavy atom. The molecule has 0 aliphatic heterocycles. The number of carbonyl (C=O) groups excluding carboxylic acids is 1. The van der Waals surface area contributed by atoms with Crippen LogP contribution in [0.4, 0.5) is 24.5 Å². The second-order valence-electron chi connectivity index (χ2n) is 4.20. The van der Waals surface area contributed by atoms with Gasteiger partial charge in [-0.2, -0.15) is 13.2 Å². The summed E-state index contributed by atoms with van der Waals surface area (Å²) in [5.41, 5.74) is 6.16. The molecule has 1 aromatic carbocycles. The first-order valence-electron chi connectivity index (χ1n) is 5.84. The minimum Gasteiger partial charge on any atom is -0.480 e. The summed E-state index contributed by atoms with van der Waals surface area (Å²) in [7, 11) is 0. The van der Waals surface area contributed by atoms with Crippen molar-refractivity contribution >= 4 is 23.3 Å². The quantitative estimate of drug-likeness (QED) is 0.677. The van der Waals surface area contributed by atoms with Crippen LogP contribution in [-0.4, -0.2) is 42.8 Å². The van der Waals surface area contributed by atoms with Crippen LogP contribution in [0.25, 0.3) is 0 Å². The maximum Gasteiger partial charge on any atom is 0.405 e. The molecule has 0 aliphatic carbocycles. The molecule has 0 aliphatic rings. The lowest BCUT2D eigenvalue weighted by Gasteiger charge is -2.23. The van der Waals surface area contributed by atoms with Gasteiger partial charge < -0.3 is 21.1 Å². The standard InChI is InChI=1S/C12H14F3N3O3/c13-12(14,15)7-17-10(19)5-18(6-11(20)21)9-4-2-1-3-8(9)16/h1-4H,5-7,16H2,(H,17,19)(H,20,21). The van der Waals surface area contributed by atoms with E-state index < -0.39 is 37.7 Å². The minimum absolute atomic E-state index is 0.224. The van der Waals surface area contributed by atoms with Gasteiger partial charge in [-0.1, -0.05) is 12.1 Å². The topological polar surface area (TPSA) is 95.7 Å². The summed E-state index contributed by atoms with van der Waals surface area (Å²) in [5.74, 6) is -2.18. The fourth-order valence-corrected chi connectivity index (χ4v) is 1.59. The van der Waals surface area contributed by atoms with Gasteiger partial charge in [0.1, 0.15) is 13.1 Å². The summed E-state index contributed by atoms with van der Waals surface area (Å²) in [4.78, 5) is 23.4. The maximum atomic E-state index is 12.0. The first kappa shape index (κ1) is 16.6. The first-order valence-corrected chi connectivity index (χ1v) is 5.84. The molecule has 0 fully saturated rings. The third-order valence-electron chi connectivity index (χ3n) is 2.42. The minimum atomic E-state index is -4.53. The van der Waals surface area contributed by atoms with E-state index in [0.29, 0.717) is 0 Å². The summed E-state index contributed by atoms with van der Waals surface area (Å²) in [6.45, 7) is -2.58. The van der Waals surface area contributed by atoms with Crippen LogP contribution in [0.3, 0.4) is 0 Å². The van der Waals surface area contributed by atoms with Crippen LogP contribution in [0.2, 0.25) is 0 Å². The number of halogens is 3. The zero-order valence-corrected chi connectivity index (χ0v) is 10.9. The highest BCUT2D eigenvalue weighted by molar-refractivity contribution is 5.86. The van der Waals surface area contributed by atoms with Gasteiger partial charge >= 0.3 is 12.1 Å². The van der Waals surface area contributed by atoms with Crippen molar-refractivity contribution in [2.24, 2.45) is 0 Å². The van der Waals surface area contributed by atoms with E-state index in [1.807, 2.05) is 0 Å². The smallest absolute Gasteiger partial charge is 0.405 e. The van der Waals surface area contributed by atoms with Crippen molar-refractivity contribution in [3.05, 3.63) is 24.3 Å². The zero-order valence-electron chi connectivity index (χ0n) is 10.9. The predicted molar refractivity (Wildman–Crippen MR) is 69.8 cm³/mol. The predicted octanol–water partition coefficient (Wildman–Crippen LogP) is 0.838. The number of benzene rings is 1. The SMILES string of the molecule is Nc1ccccc1N(CC(=O)O)CC(=O)NCC(F)(F)F. The van der Waals surface area contributed by atoms with Crippen molar-refractivity contribution in [1.29, 1.82) is 0 Å². The van der Waals surface area contributed by atoms with E-state index in [0.717, 1.165) is 4.90 Å². The third-order valence-corrected chi connectivity index (χ3v) is 2.42. The molecule has 21 heavy (non-hydrogen) atoms. The van der Waals surface area contributed by atoms with E-state index in [2.05, 4.69) is 0 Å². The number of nitrogen functional groups attached to an aromatic ring is 1. The number of nitrogens with one attached hydrogen (secondary N) is 1. The number of alkyl halides is 3. The third kappa shape index (κ3) is 6.02. The molecule has 1 amide bonds. The molecule has 0 unspecified atom stereocenters. The van der Waals surface area contributed by atoms with Crippen molar-refractivity contribution in [2.75, 3.05) is 30.3 Å². The van der Waals surface area contributed by atoms with Crippen LogP contribution in [0.5, 0.6) is 0 Å². The molecule has 0 saturated carbocycles. The molecule has 0 heterocycles. The molecule has 0 radical (unpaired) electrons. The van der Waals surface area contributed by atoms with Crippen molar-refractivity contribution in [3.63, 3.8) is 0 Å². The lowest BCUT2D eigenvalue weighted by atomic mass is 10.2. The highest BCUT2D eigenvalue weighted by Crippen LogP contribution is 2.22. The molecule has 0 aromatic heterocycles. The number of amides is 1. The normalized spacial score (nSPS) is 11.0. The lowest BCUT2D eigenvalue weighted by molar-refractivity contribution is -0.138. The number of carbonyl (C=O) groups is 2. The van der Waals surface area contributed by atoms with E-state index in [1.54, 1.807) is 17.4 Å². The number of aliphatic carboxylic acids is 1. The van der Waals surface area contributed by atoms with E-state index in [-0.39, 0.29) is 11.4 Å². The maximum absolute atomic E-state index is 12.0. The number of rotatable bonds is 6. The van der Waals surface area contributed by atoms with Gasteiger partial charge in [0.05, 0.1) is 17.9 Å². The van der Waals surface area contributed by atoms with Gasteiger partial charge in [0.25, 0.3) is 0 Å². The Morgan fingerprint density at radius 3 is 2.38 bits per heavy atom. The van der Waals surface area contributed by atoms with Crippen LogP contribution >= 0.6 is 0 Å². The van der Waals surface area contributed by atoms with Crippen molar-refractivity contribution in [3.8, 4) is 0 Å². The van der Waals surface area contributed by atoms with Crippen LogP contribution in [0.15, 0.2) is 24.3 Å². The molecule has 1 aromatic rings. The Kier molecular flexibility index (Phi) is 5.39. The Hall–Kier alpha value is -2.45.